The molecule has 17 heavy (non-hydrogen) atoms. The molecule has 1 aromatic carbocycles. The second kappa shape index (κ2) is 4.06. The number of aromatic hydroxyl groups is 1. The minimum absolute atomic E-state index is 0.0194. The summed E-state index contributed by atoms with van der Waals surface area (Å²) in [6.07, 6.45) is 0. The zero-order chi connectivity index (χ0) is 12.6. The third kappa shape index (κ3) is 2.07. The molecule has 1 atom stereocenters. The van der Waals surface area contributed by atoms with Crippen molar-refractivity contribution in [2.24, 2.45) is 5.73 Å². The third-order valence-corrected chi connectivity index (χ3v) is 2.44. The first-order chi connectivity index (χ1) is 7.99. The van der Waals surface area contributed by atoms with Crippen molar-refractivity contribution < 1.29 is 5.11 Å². The Morgan fingerprint density at radius 3 is 2.82 bits per heavy atom. The maximum absolute atomic E-state index is 12.0. The van der Waals surface area contributed by atoms with Gasteiger partial charge in [-0.2, -0.15) is 0 Å². The molecule has 0 saturated heterocycles. The topological polar surface area (TPSA) is 101 Å². The number of fused-ring (bicyclic) bond motifs is 1. The summed E-state index contributed by atoms with van der Waals surface area (Å²) in [5.41, 5.74) is 5.03. The van der Waals surface area contributed by atoms with Crippen LogP contribution in [0.1, 0.15) is 6.92 Å². The van der Waals surface area contributed by atoms with Crippen LogP contribution in [0.15, 0.2) is 27.8 Å². The van der Waals surface area contributed by atoms with Crippen LogP contribution < -0.4 is 17.0 Å². The molecule has 0 aliphatic heterocycles. The lowest BCUT2D eigenvalue weighted by Gasteiger charge is -2.08. The molecule has 4 N–H and O–H groups in total. The Bertz CT molecular complexity index is 670. The van der Waals surface area contributed by atoms with Crippen LogP contribution in [0.5, 0.6) is 5.75 Å². The Morgan fingerprint density at radius 2 is 2.18 bits per heavy atom. The molecule has 0 radical (unpaired) electrons. The lowest BCUT2D eigenvalue weighted by molar-refractivity contribution is 0.476. The molecule has 0 amide bonds. The zero-order valence-corrected chi connectivity index (χ0v) is 9.30. The molecule has 1 heterocycles. The summed E-state index contributed by atoms with van der Waals surface area (Å²) in [7, 11) is 0. The number of nitrogens with zero attached hydrogens (tertiary/aromatic N) is 1. The molecule has 0 aliphatic carbocycles. The lowest BCUT2D eigenvalue weighted by atomic mass is 10.2. The number of hydrogen-bond acceptors (Lipinski definition) is 4. The van der Waals surface area contributed by atoms with Gasteiger partial charge in [0.05, 0.1) is 10.9 Å². The number of aromatic amines is 1. The molecule has 90 valence electrons. The average molecular weight is 235 g/mol. The predicted molar refractivity (Wildman–Crippen MR) is 64.1 cm³/mol. The van der Waals surface area contributed by atoms with Crippen LogP contribution in [0.2, 0.25) is 0 Å². The maximum atomic E-state index is 12.0. The fraction of sp³-hybridized carbons (Fsp3) is 0.273. The lowest BCUT2D eigenvalue weighted by Crippen LogP contribution is -2.39. The van der Waals surface area contributed by atoms with Gasteiger partial charge in [0.2, 0.25) is 0 Å². The molecule has 0 aliphatic rings. The number of rotatable bonds is 2. The van der Waals surface area contributed by atoms with E-state index in [1.165, 1.54) is 18.2 Å². The van der Waals surface area contributed by atoms with Gasteiger partial charge in [0.25, 0.3) is 5.56 Å². The minimum Gasteiger partial charge on any atom is -0.508 e. The number of H-pyrrole nitrogens is 1. The van der Waals surface area contributed by atoms with Crippen molar-refractivity contribution >= 4 is 10.9 Å². The van der Waals surface area contributed by atoms with Crippen molar-refractivity contribution in [2.75, 3.05) is 0 Å². The van der Waals surface area contributed by atoms with Crippen molar-refractivity contribution in [3.05, 3.63) is 39.0 Å². The predicted octanol–water partition coefficient (Wildman–Crippen LogP) is -0.257. The van der Waals surface area contributed by atoms with Crippen LogP contribution in [0.3, 0.4) is 0 Å². The summed E-state index contributed by atoms with van der Waals surface area (Å²) in [5, 5.41) is 9.60. The van der Waals surface area contributed by atoms with Gasteiger partial charge in [-0.1, -0.05) is 0 Å². The SMILES string of the molecule is CC(N)Cn1c(=O)[nH]c2ccc(O)cc2c1=O. The second-order valence-electron chi connectivity index (χ2n) is 4.05. The number of aromatic nitrogens is 2. The Morgan fingerprint density at radius 1 is 1.47 bits per heavy atom. The summed E-state index contributed by atoms with van der Waals surface area (Å²) in [6, 6.07) is 3.92. The normalized spacial score (nSPS) is 12.8. The van der Waals surface area contributed by atoms with Gasteiger partial charge in [0.15, 0.2) is 0 Å². The fourth-order valence-electron chi connectivity index (χ4n) is 1.69. The van der Waals surface area contributed by atoms with Crippen LogP contribution >= 0.6 is 0 Å². The van der Waals surface area contributed by atoms with E-state index in [0.717, 1.165) is 4.57 Å². The van der Waals surface area contributed by atoms with Crippen molar-refractivity contribution in [1.82, 2.24) is 9.55 Å². The van der Waals surface area contributed by atoms with E-state index in [0.29, 0.717) is 5.52 Å². The van der Waals surface area contributed by atoms with Crippen LogP contribution in [0, 0.1) is 0 Å². The first-order valence-corrected chi connectivity index (χ1v) is 5.20. The molecular weight excluding hydrogens is 222 g/mol. The molecule has 0 fully saturated rings. The highest BCUT2D eigenvalue weighted by molar-refractivity contribution is 5.78. The number of phenolic OH excluding ortho intramolecular Hbond substituents is 1. The maximum Gasteiger partial charge on any atom is 0.328 e. The van der Waals surface area contributed by atoms with Gasteiger partial charge in [-0.3, -0.25) is 9.36 Å². The molecular formula is C11H13N3O3. The van der Waals surface area contributed by atoms with E-state index in [2.05, 4.69) is 4.98 Å². The van der Waals surface area contributed by atoms with Crippen LogP contribution in [0.4, 0.5) is 0 Å². The fourth-order valence-corrected chi connectivity index (χ4v) is 1.69. The number of benzene rings is 1. The van der Waals surface area contributed by atoms with Crippen LogP contribution in [0.25, 0.3) is 10.9 Å². The largest absolute Gasteiger partial charge is 0.508 e. The highest BCUT2D eigenvalue weighted by Gasteiger charge is 2.09. The summed E-state index contributed by atoms with van der Waals surface area (Å²) in [6.45, 7) is 1.85. The molecule has 1 unspecified atom stereocenters. The summed E-state index contributed by atoms with van der Waals surface area (Å²) in [5.74, 6) is -0.0194. The minimum atomic E-state index is -0.495. The van der Waals surface area contributed by atoms with Crippen LogP contribution in [-0.2, 0) is 6.54 Å². The van der Waals surface area contributed by atoms with Crippen molar-refractivity contribution in [3.8, 4) is 5.75 Å². The number of phenols is 1. The van der Waals surface area contributed by atoms with Crippen molar-refractivity contribution in [3.63, 3.8) is 0 Å². The van der Waals surface area contributed by atoms with E-state index in [9.17, 15) is 14.7 Å². The van der Waals surface area contributed by atoms with Gasteiger partial charge >= 0.3 is 5.69 Å². The molecule has 1 aromatic heterocycles. The first-order valence-electron chi connectivity index (χ1n) is 5.20. The van der Waals surface area contributed by atoms with Gasteiger partial charge in [-0.05, 0) is 25.1 Å². The van der Waals surface area contributed by atoms with Crippen molar-refractivity contribution in [2.45, 2.75) is 19.5 Å². The number of nitrogens with two attached hydrogens (primary N) is 1. The summed E-state index contributed by atoms with van der Waals surface area (Å²) in [4.78, 5) is 26.2. The van der Waals surface area contributed by atoms with E-state index >= 15 is 0 Å². The molecule has 6 nitrogen and oxygen atoms in total. The summed E-state index contributed by atoms with van der Waals surface area (Å²) >= 11 is 0. The highest BCUT2D eigenvalue weighted by Crippen LogP contribution is 2.13. The number of nitrogens with one attached hydrogen (secondary N) is 1. The second-order valence-corrected chi connectivity index (χ2v) is 4.05. The van der Waals surface area contributed by atoms with Crippen molar-refractivity contribution in [1.29, 1.82) is 0 Å². The van der Waals surface area contributed by atoms with Gasteiger partial charge in [-0.25, -0.2) is 4.79 Å². The third-order valence-electron chi connectivity index (χ3n) is 2.44. The summed E-state index contributed by atoms with van der Waals surface area (Å²) < 4.78 is 1.03. The van der Waals surface area contributed by atoms with Gasteiger partial charge < -0.3 is 15.8 Å². The molecule has 0 saturated carbocycles. The smallest absolute Gasteiger partial charge is 0.328 e. The molecule has 0 bridgehead atoms. The van der Waals surface area contributed by atoms with Crippen LogP contribution in [-0.4, -0.2) is 20.7 Å². The Balaban J connectivity index is 2.78. The molecule has 0 spiro atoms. The van der Waals surface area contributed by atoms with E-state index in [-0.39, 0.29) is 23.7 Å². The number of hydrogen-bond donors (Lipinski definition) is 3. The Labute approximate surface area is 96.3 Å². The van der Waals surface area contributed by atoms with E-state index in [1.54, 1.807) is 6.92 Å². The average Bonchev–Trinajstić information content (AvgIpc) is 2.25. The van der Waals surface area contributed by atoms with Gasteiger partial charge in [0.1, 0.15) is 5.75 Å². The monoisotopic (exact) mass is 235 g/mol. The van der Waals surface area contributed by atoms with Gasteiger partial charge in [-0.15, -0.1) is 0 Å². The molecule has 2 rings (SSSR count). The van der Waals surface area contributed by atoms with E-state index < -0.39 is 11.2 Å². The molecule has 2 aromatic rings. The highest BCUT2D eigenvalue weighted by atomic mass is 16.3. The Hall–Kier alpha value is -2.08. The quantitative estimate of drug-likeness (QED) is 0.667. The Kier molecular flexibility index (Phi) is 2.72. The van der Waals surface area contributed by atoms with E-state index in [4.69, 9.17) is 5.73 Å². The zero-order valence-electron chi connectivity index (χ0n) is 9.30. The van der Waals surface area contributed by atoms with Gasteiger partial charge in [0, 0.05) is 12.6 Å². The van der Waals surface area contributed by atoms with E-state index in [1.807, 2.05) is 0 Å². The first kappa shape index (κ1) is 11.4. The standard InChI is InChI=1S/C11H13N3O3/c1-6(12)5-14-10(16)8-4-7(15)2-3-9(8)13-11(14)17/h2-4,6,15H,5,12H2,1H3,(H,13,17). The molecule has 6 heteroatoms.